The zero-order valence-electron chi connectivity index (χ0n) is 11.9. The normalized spacial score (nSPS) is 12.4. The minimum atomic E-state index is -0.419. The van der Waals surface area contributed by atoms with E-state index in [0.717, 1.165) is 5.57 Å². The molecule has 1 aromatic heterocycles. The quantitative estimate of drug-likeness (QED) is 0.701. The van der Waals surface area contributed by atoms with Crippen LogP contribution in [-0.4, -0.2) is 28.0 Å². The lowest BCUT2D eigenvalue weighted by Gasteiger charge is -2.20. The highest BCUT2D eigenvalue weighted by molar-refractivity contribution is 5.90. The van der Waals surface area contributed by atoms with Crippen molar-refractivity contribution in [3.05, 3.63) is 41.5 Å². The van der Waals surface area contributed by atoms with Crippen molar-refractivity contribution in [3.8, 4) is 6.07 Å². The van der Waals surface area contributed by atoms with Gasteiger partial charge < -0.3 is 16.0 Å². The number of aromatic amines is 1. The summed E-state index contributed by atoms with van der Waals surface area (Å²) in [6.45, 7) is 6.10. The van der Waals surface area contributed by atoms with E-state index in [1.165, 1.54) is 6.20 Å². The number of nitriles is 1. The molecule has 6 heteroatoms. The highest BCUT2D eigenvalue weighted by Gasteiger charge is 2.13. The number of carbonyl (C=O) groups is 1. The summed E-state index contributed by atoms with van der Waals surface area (Å²) in [5.74, 6) is -0.231. The van der Waals surface area contributed by atoms with Crippen LogP contribution in [0.4, 0.5) is 0 Å². The topological polar surface area (TPSA) is 108 Å². The first kappa shape index (κ1) is 15.7. The summed E-state index contributed by atoms with van der Waals surface area (Å²) in [5, 5.41) is 11.3. The largest absolute Gasteiger partial charge is 0.346 e. The number of H-pyrrole nitrogens is 1. The van der Waals surface area contributed by atoms with E-state index in [2.05, 4.69) is 15.3 Å². The van der Waals surface area contributed by atoms with Crippen molar-refractivity contribution in [2.75, 3.05) is 6.54 Å². The van der Waals surface area contributed by atoms with Crippen LogP contribution in [0.5, 0.6) is 0 Å². The molecule has 0 aliphatic carbocycles. The number of carbonyl (C=O) groups excluding carboxylic acids is 1. The van der Waals surface area contributed by atoms with Gasteiger partial charge in [0.1, 0.15) is 6.07 Å². The Balaban J connectivity index is 2.52. The van der Waals surface area contributed by atoms with Gasteiger partial charge in [0.2, 0.25) is 0 Å². The van der Waals surface area contributed by atoms with E-state index in [4.69, 9.17) is 11.0 Å². The van der Waals surface area contributed by atoms with Crippen LogP contribution in [0.2, 0.25) is 0 Å². The van der Waals surface area contributed by atoms with Crippen LogP contribution in [0.15, 0.2) is 30.0 Å². The average molecular weight is 273 g/mol. The molecule has 0 aliphatic rings. The van der Waals surface area contributed by atoms with E-state index >= 15 is 0 Å². The van der Waals surface area contributed by atoms with Gasteiger partial charge in [0.15, 0.2) is 11.5 Å². The molecule has 1 rings (SSSR count). The molecule has 1 amide bonds. The fourth-order valence-corrected chi connectivity index (χ4v) is 1.60. The van der Waals surface area contributed by atoms with E-state index in [0.29, 0.717) is 6.54 Å². The molecule has 0 atom stereocenters. The van der Waals surface area contributed by atoms with Gasteiger partial charge in [0.05, 0.1) is 0 Å². The molecule has 0 spiro atoms. The number of amides is 1. The number of aromatic nitrogens is 2. The molecular formula is C14H19N5O. The van der Waals surface area contributed by atoms with Crippen LogP contribution in [0.25, 0.3) is 0 Å². The first-order valence-corrected chi connectivity index (χ1v) is 6.24. The maximum absolute atomic E-state index is 11.7. The lowest BCUT2D eigenvalue weighted by molar-refractivity contribution is 0.0948. The summed E-state index contributed by atoms with van der Waals surface area (Å²) in [5.41, 5.74) is 6.74. The van der Waals surface area contributed by atoms with Crippen LogP contribution in [0.1, 0.15) is 37.1 Å². The summed E-state index contributed by atoms with van der Waals surface area (Å²) in [6, 6.07) is 1.85. The zero-order chi connectivity index (χ0) is 15.2. The van der Waals surface area contributed by atoms with Crippen molar-refractivity contribution in [1.82, 2.24) is 15.3 Å². The Bertz CT molecular complexity index is 569. The van der Waals surface area contributed by atoms with Crippen LogP contribution < -0.4 is 11.1 Å². The molecule has 4 N–H and O–H groups in total. The van der Waals surface area contributed by atoms with E-state index in [-0.39, 0.29) is 17.4 Å². The van der Waals surface area contributed by atoms with Crippen LogP contribution in [0.3, 0.4) is 0 Å². The van der Waals surface area contributed by atoms with Crippen molar-refractivity contribution in [3.63, 3.8) is 0 Å². The first-order chi connectivity index (χ1) is 9.38. The van der Waals surface area contributed by atoms with Crippen LogP contribution in [-0.2, 0) is 0 Å². The molecule has 1 aromatic rings. The second kappa shape index (κ2) is 6.68. The number of rotatable bonds is 5. The number of imidazole rings is 1. The molecule has 20 heavy (non-hydrogen) atoms. The molecule has 0 unspecified atom stereocenters. The first-order valence-electron chi connectivity index (χ1n) is 6.24. The van der Waals surface area contributed by atoms with Gasteiger partial charge in [-0.15, -0.1) is 0 Å². The SMILES string of the molecule is C/C=C(\C=C/CNC(=O)c1nc(C#N)c[nH]1)C(C)(C)N. The third kappa shape index (κ3) is 4.37. The molecule has 0 radical (unpaired) electrons. The van der Waals surface area contributed by atoms with Gasteiger partial charge in [-0.2, -0.15) is 5.26 Å². The van der Waals surface area contributed by atoms with E-state index in [9.17, 15) is 4.79 Å². The van der Waals surface area contributed by atoms with Gasteiger partial charge in [0.25, 0.3) is 5.91 Å². The second-order valence-corrected chi connectivity index (χ2v) is 4.82. The Kier molecular flexibility index (Phi) is 5.23. The van der Waals surface area contributed by atoms with Gasteiger partial charge in [-0.25, -0.2) is 4.98 Å². The summed E-state index contributed by atoms with van der Waals surface area (Å²) < 4.78 is 0. The predicted octanol–water partition coefficient (Wildman–Crippen LogP) is 1.25. The summed E-state index contributed by atoms with van der Waals surface area (Å²) >= 11 is 0. The van der Waals surface area contributed by atoms with Crippen molar-refractivity contribution < 1.29 is 4.79 Å². The van der Waals surface area contributed by atoms with E-state index in [1.807, 2.05) is 45.1 Å². The average Bonchev–Trinajstić information content (AvgIpc) is 2.85. The molecule has 1 heterocycles. The molecule has 0 aromatic carbocycles. The molecule has 0 saturated carbocycles. The smallest absolute Gasteiger partial charge is 0.287 e. The van der Waals surface area contributed by atoms with Crippen molar-refractivity contribution in [2.24, 2.45) is 5.73 Å². The Morgan fingerprint density at radius 1 is 1.65 bits per heavy atom. The van der Waals surface area contributed by atoms with Gasteiger partial charge in [-0.1, -0.05) is 18.2 Å². The molecular weight excluding hydrogens is 254 g/mol. The maximum atomic E-state index is 11.7. The van der Waals surface area contributed by atoms with Crippen LogP contribution >= 0.6 is 0 Å². The summed E-state index contributed by atoms with van der Waals surface area (Å²) in [6.07, 6.45) is 7.02. The number of nitrogens with two attached hydrogens (primary N) is 1. The molecule has 106 valence electrons. The molecule has 0 fully saturated rings. The van der Waals surface area contributed by atoms with Crippen molar-refractivity contribution >= 4 is 5.91 Å². The molecule has 0 bridgehead atoms. The standard InChI is InChI=1S/C14H19N5O/c1-4-10(14(2,3)16)6-5-7-17-13(20)12-18-9-11(8-15)19-12/h4-6,9H,7,16H2,1-3H3,(H,17,20)(H,18,19)/b6-5-,10-4+. The minimum absolute atomic E-state index is 0.125. The number of nitrogens with zero attached hydrogens (tertiary/aromatic N) is 2. The highest BCUT2D eigenvalue weighted by atomic mass is 16.2. The Morgan fingerprint density at radius 3 is 2.85 bits per heavy atom. The summed E-state index contributed by atoms with van der Waals surface area (Å²) in [7, 11) is 0. The lowest BCUT2D eigenvalue weighted by atomic mass is 9.95. The number of allylic oxidation sites excluding steroid dienone is 1. The molecule has 0 aliphatic heterocycles. The lowest BCUT2D eigenvalue weighted by Crippen LogP contribution is -2.33. The van der Waals surface area contributed by atoms with Crippen molar-refractivity contribution in [2.45, 2.75) is 26.3 Å². The summed E-state index contributed by atoms with van der Waals surface area (Å²) in [4.78, 5) is 18.2. The van der Waals surface area contributed by atoms with E-state index < -0.39 is 5.54 Å². The third-order valence-corrected chi connectivity index (χ3v) is 2.64. The monoisotopic (exact) mass is 273 g/mol. The number of nitrogens with one attached hydrogen (secondary N) is 2. The Hall–Kier alpha value is -2.39. The fraction of sp³-hybridized carbons (Fsp3) is 0.357. The predicted molar refractivity (Wildman–Crippen MR) is 76.8 cm³/mol. The van der Waals surface area contributed by atoms with Gasteiger partial charge in [-0.05, 0) is 26.3 Å². The molecule has 0 saturated heterocycles. The Labute approximate surface area is 118 Å². The molecule has 6 nitrogen and oxygen atoms in total. The van der Waals surface area contributed by atoms with E-state index in [1.54, 1.807) is 0 Å². The number of hydrogen-bond donors (Lipinski definition) is 3. The van der Waals surface area contributed by atoms with Gasteiger partial charge >= 0.3 is 0 Å². The van der Waals surface area contributed by atoms with Gasteiger partial charge in [-0.3, -0.25) is 4.79 Å². The number of hydrogen-bond acceptors (Lipinski definition) is 4. The third-order valence-electron chi connectivity index (χ3n) is 2.64. The maximum Gasteiger partial charge on any atom is 0.287 e. The minimum Gasteiger partial charge on any atom is -0.346 e. The highest BCUT2D eigenvalue weighted by Crippen LogP contribution is 2.13. The second-order valence-electron chi connectivity index (χ2n) is 4.82. The Morgan fingerprint density at radius 2 is 2.35 bits per heavy atom. The fourth-order valence-electron chi connectivity index (χ4n) is 1.60. The zero-order valence-corrected chi connectivity index (χ0v) is 11.9. The van der Waals surface area contributed by atoms with Crippen molar-refractivity contribution in [1.29, 1.82) is 5.26 Å². The van der Waals surface area contributed by atoms with Gasteiger partial charge in [0, 0.05) is 18.3 Å². The van der Waals surface area contributed by atoms with Crippen LogP contribution in [0, 0.1) is 11.3 Å².